The highest BCUT2D eigenvalue weighted by atomic mass is 127. The summed E-state index contributed by atoms with van der Waals surface area (Å²) in [6.45, 7) is 7.27. The molecule has 7 nitrogen and oxygen atoms in total. The number of halogens is 1. The molecule has 9 heteroatoms. The lowest BCUT2D eigenvalue weighted by Crippen LogP contribution is -2.57. The fraction of sp³-hybridized carbons (Fsp3) is 0.667. The SMILES string of the molecule is CN=C(NCc1ccc(N2CCCC2)nc1)N1CCS(=O)(=O)C(C)(C)C1.I. The summed E-state index contributed by atoms with van der Waals surface area (Å²) < 4.78 is 23.6. The monoisotopic (exact) mass is 507 g/mol. The lowest BCUT2D eigenvalue weighted by atomic mass is 10.2. The molecule has 1 aromatic heterocycles. The van der Waals surface area contributed by atoms with E-state index in [1.54, 1.807) is 20.9 Å². The Kier molecular flexibility index (Phi) is 7.34. The fourth-order valence-electron chi connectivity index (χ4n) is 3.49. The van der Waals surface area contributed by atoms with Gasteiger partial charge in [0.05, 0.1) is 10.5 Å². The topological polar surface area (TPSA) is 77.9 Å². The molecule has 0 amide bonds. The summed E-state index contributed by atoms with van der Waals surface area (Å²) in [5.74, 6) is 1.93. The molecule has 0 unspecified atom stereocenters. The zero-order chi connectivity index (χ0) is 18.8. The molecule has 2 aliphatic heterocycles. The Balaban J connectivity index is 0.00000261. The third kappa shape index (κ3) is 5.04. The summed E-state index contributed by atoms with van der Waals surface area (Å²) in [5, 5.41) is 3.34. The Morgan fingerprint density at radius 3 is 2.52 bits per heavy atom. The number of hydrogen-bond acceptors (Lipinski definition) is 5. The summed E-state index contributed by atoms with van der Waals surface area (Å²) >= 11 is 0. The number of rotatable bonds is 3. The molecule has 0 spiro atoms. The smallest absolute Gasteiger partial charge is 0.193 e. The van der Waals surface area contributed by atoms with E-state index in [0.717, 1.165) is 30.4 Å². The molecule has 152 valence electrons. The van der Waals surface area contributed by atoms with Crippen LogP contribution in [0.3, 0.4) is 0 Å². The van der Waals surface area contributed by atoms with Crippen LogP contribution in [0, 0.1) is 0 Å². The number of nitrogens with zero attached hydrogens (tertiary/aromatic N) is 4. The highest BCUT2D eigenvalue weighted by Gasteiger charge is 2.40. The number of hydrogen-bond donors (Lipinski definition) is 1. The number of guanidine groups is 1. The first-order valence-corrected chi connectivity index (χ1v) is 10.9. The average molecular weight is 507 g/mol. The van der Waals surface area contributed by atoms with Gasteiger partial charge in [0.25, 0.3) is 0 Å². The van der Waals surface area contributed by atoms with Crippen LogP contribution in [0.25, 0.3) is 0 Å². The van der Waals surface area contributed by atoms with Gasteiger partial charge in [0.2, 0.25) is 0 Å². The molecule has 1 aromatic rings. The highest BCUT2D eigenvalue weighted by molar-refractivity contribution is 14.0. The van der Waals surface area contributed by atoms with Gasteiger partial charge < -0.3 is 15.1 Å². The number of aromatic nitrogens is 1. The molecule has 0 saturated carbocycles. The molecule has 0 atom stereocenters. The molecule has 0 aromatic carbocycles. The second-order valence-electron chi connectivity index (χ2n) is 7.62. The quantitative estimate of drug-likeness (QED) is 0.383. The lowest BCUT2D eigenvalue weighted by molar-refractivity contribution is 0.353. The van der Waals surface area contributed by atoms with Gasteiger partial charge in [0.15, 0.2) is 15.8 Å². The van der Waals surface area contributed by atoms with Crippen molar-refractivity contribution in [2.24, 2.45) is 4.99 Å². The van der Waals surface area contributed by atoms with Crippen molar-refractivity contribution < 1.29 is 8.42 Å². The van der Waals surface area contributed by atoms with Gasteiger partial charge in [-0.05, 0) is 38.3 Å². The van der Waals surface area contributed by atoms with Crippen molar-refractivity contribution in [3.63, 3.8) is 0 Å². The van der Waals surface area contributed by atoms with Crippen molar-refractivity contribution in [3.05, 3.63) is 23.9 Å². The normalized spacial score (nSPS) is 21.7. The van der Waals surface area contributed by atoms with Gasteiger partial charge in [-0.25, -0.2) is 13.4 Å². The molecule has 3 heterocycles. The summed E-state index contributed by atoms with van der Waals surface area (Å²) in [6.07, 6.45) is 4.38. The molecule has 2 fully saturated rings. The van der Waals surface area contributed by atoms with Gasteiger partial charge in [0, 0.05) is 46.0 Å². The van der Waals surface area contributed by atoms with Gasteiger partial charge in [0.1, 0.15) is 5.82 Å². The van der Waals surface area contributed by atoms with Crippen LogP contribution in [0.2, 0.25) is 0 Å². The van der Waals surface area contributed by atoms with Crippen LogP contribution in [-0.2, 0) is 16.4 Å². The first kappa shape index (κ1) is 22.2. The van der Waals surface area contributed by atoms with Crippen molar-refractivity contribution in [1.29, 1.82) is 0 Å². The minimum absolute atomic E-state index is 0. The fourth-order valence-corrected chi connectivity index (χ4v) is 4.86. The van der Waals surface area contributed by atoms with E-state index in [1.807, 2.05) is 11.1 Å². The molecule has 0 aliphatic carbocycles. The minimum atomic E-state index is -3.05. The minimum Gasteiger partial charge on any atom is -0.357 e. The van der Waals surface area contributed by atoms with Gasteiger partial charge in [-0.1, -0.05) is 6.07 Å². The van der Waals surface area contributed by atoms with E-state index in [2.05, 4.69) is 32.3 Å². The van der Waals surface area contributed by atoms with Gasteiger partial charge >= 0.3 is 0 Å². The number of sulfone groups is 1. The van der Waals surface area contributed by atoms with Crippen molar-refractivity contribution >= 4 is 45.6 Å². The second-order valence-corrected chi connectivity index (χ2v) is 10.4. The molecule has 2 aliphatic rings. The molecule has 3 rings (SSSR count). The maximum absolute atomic E-state index is 12.2. The van der Waals surface area contributed by atoms with Gasteiger partial charge in [-0.2, -0.15) is 0 Å². The zero-order valence-corrected chi connectivity index (χ0v) is 19.5. The lowest BCUT2D eigenvalue weighted by Gasteiger charge is -2.39. The largest absolute Gasteiger partial charge is 0.357 e. The van der Waals surface area contributed by atoms with E-state index in [1.165, 1.54) is 12.8 Å². The van der Waals surface area contributed by atoms with Gasteiger partial charge in [-0.3, -0.25) is 4.99 Å². The van der Waals surface area contributed by atoms with Crippen molar-refractivity contribution in [2.75, 3.05) is 43.9 Å². The predicted octanol–water partition coefficient (Wildman–Crippen LogP) is 1.88. The summed E-state index contributed by atoms with van der Waals surface area (Å²) in [5.41, 5.74) is 1.08. The first-order chi connectivity index (χ1) is 12.3. The second kappa shape index (κ2) is 8.93. The van der Waals surface area contributed by atoms with E-state index in [9.17, 15) is 8.42 Å². The third-order valence-electron chi connectivity index (χ3n) is 5.24. The highest BCUT2D eigenvalue weighted by Crippen LogP contribution is 2.23. The number of pyridine rings is 1. The van der Waals surface area contributed by atoms with Crippen LogP contribution in [-0.4, -0.2) is 68.0 Å². The van der Waals surface area contributed by atoms with E-state index >= 15 is 0 Å². The third-order valence-corrected chi connectivity index (χ3v) is 7.78. The van der Waals surface area contributed by atoms with Crippen molar-refractivity contribution in [1.82, 2.24) is 15.2 Å². The van der Waals surface area contributed by atoms with Crippen LogP contribution in [0.1, 0.15) is 32.3 Å². The maximum atomic E-state index is 12.2. The summed E-state index contributed by atoms with van der Waals surface area (Å²) in [4.78, 5) is 13.2. The Hall–Kier alpha value is -1.10. The van der Waals surface area contributed by atoms with Crippen molar-refractivity contribution in [3.8, 4) is 0 Å². The van der Waals surface area contributed by atoms with Crippen LogP contribution in [0.4, 0.5) is 5.82 Å². The van der Waals surface area contributed by atoms with Crippen LogP contribution >= 0.6 is 24.0 Å². The van der Waals surface area contributed by atoms with Crippen LogP contribution in [0.5, 0.6) is 0 Å². The van der Waals surface area contributed by atoms with E-state index in [-0.39, 0.29) is 29.7 Å². The molecule has 0 radical (unpaired) electrons. The Labute approximate surface area is 179 Å². The van der Waals surface area contributed by atoms with Crippen LogP contribution in [0.15, 0.2) is 23.3 Å². The zero-order valence-electron chi connectivity index (χ0n) is 16.3. The molecule has 0 bridgehead atoms. The summed E-state index contributed by atoms with van der Waals surface area (Å²) in [6, 6.07) is 4.16. The van der Waals surface area contributed by atoms with E-state index in [0.29, 0.717) is 19.6 Å². The van der Waals surface area contributed by atoms with Crippen LogP contribution < -0.4 is 10.2 Å². The van der Waals surface area contributed by atoms with Gasteiger partial charge in [-0.15, -0.1) is 24.0 Å². The molecular formula is C18H30IN5O2S. The average Bonchev–Trinajstić information content (AvgIpc) is 3.13. The van der Waals surface area contributed by atoms with E-state index < -0.39 is 14.6 Å². The Morgan fingerprint density at radius 2 is 1.96 bits per heavy atom. The standard InChI is InChI=1S/C18H29N5O2S.HI/c1-18(2)14-23(10-11-26(18,24)25)17(19-3)21-13-15-6-7-16(20-12-15)22-8-4-5-9-22;/h6-7,12H,4-5,8-11,13-14H2,1-3H3,(H,19,21);1H. The maximum Gasteiger partial charge on any atom is 0.193 e. The number of aliphatic imine (C=N–C) groups is 1. The number of anilines is 1. The Bertz CT molecular complexity index is 758. The van der Waals surface area contributed by atoms with Crippen molar-refractivity contribution in [2.45, 2.75) is 38.0 Å². The molecule has 27 heavy (non-hydrogen) atoms. The Morgan fingerprint density at radius 1 is 1.26 bits per heavy atom. The summed E-state index contributed by atoms with van der Waals surface area (Å²) in [7, 11) is -1.33. The predicted molar refractivity (Wildman–Crippen MR) is 121 cm³/mol. The first-order valence-electron chi connectivity index (χ1n) is 9.20. The molecule has 2 saturated heterocycles. The van der Waals surface area contributed by atoms with E-state index in [4.69, 9.17) is 0 Å². The number of nitrogens with one attached hydrogen (secondary N) is 1. The molecular weight excluding hydrogens is 477 g/mol. The molecule has 1 N–H and O–H groups in total.